The summed E-state index contributed by atoms with van der Waals surface area (Å²) in [4.78, 5) is 0. The van der Waals surface area contributed by atoms with E-state index in [1.165, 1.54) is 44.2 Å². The molecule has 122 valence electrons. The molecule has 1 fully saturated rings. The van der Waals surface area contributed by atoms with Crippen molar-refractivity contribution in [2.24, 2.45) is 11.0 Å². The molecule has 1 N–H and O–H groups in total. The Kier molecular flexibility index (Phi) is 5.33. The van der Waals surface area contributed by atoms with E-state index >= 15 is 0 Å². The lowest BCUT2D eigenvalue weighted by Gasteiger charge is -2.20. The quantitative estimate of drug-likeness (QED) is 0.648. The van der Waals surface area contributed by atoms with E-state index in [1.807, 2.05) is 0 Å². The summed E-state index contributed by atoms with van der Waals surface area (Å²) in [6.07, 6.45) is 10.3. The van der Waals surface area contributed by atoms with E-state index in [-0.39, 0.29) is 5.82 Å². The monoisotopic (exact) mass is 332 g/mol. The number of rotatable bonds is 5. The Morgan fingerprint density at radius 3 is 2.96 bits per heavy atom. The molecule has 0 bridgehead atoms. The van der Waals surface area contributed by atoms with Crippen LogP contribution in [-0.4, -0.2) is 21.1 Å². The average Bonchev–Trinajstić information content (AvgIpc) is 2.92. The van der Waals surface area contributed by atoms with Crippen LogP contribution in [0.4, 0.5) is 4.39 Å². The summed E-state index contributed by atoms with van der Waals surface area (Å²) in [5, 5.41) is 11.5. The molecule has 1 aromatic heterocycles. The second kappa shape index (κ2) is 7.64. The number of hydrogen-bond acceptors (Lipinski definition) is 3. The molecule has 0 unspecified atom stereocenters. The van der Waals surface area contributed by atoms with Gasteiger partial charge in [0.15, 0.2) is 5.82 Å². The van der Waals surface area contributed by atoms with Crippen LogP contribution in [-0.2, 0) is 6.42 Å². The van der Waals surface area contributed by atoms with Crippen molar-refractivity contribution in [3.63, 3.8) is 0 Å². The maximum Gasteiger partial charge on any atom is 0.216 e. The number of halogens is 1. The van der Waals surface area contributed by atoms with Crippen molar-refractivity contribution >= 4 is 18.4 Å². The molecule has 1 saturated carbocycles. The third-order valence-electron chi connectivity index (χ3n) is 4.39. The fourth-order valence-corrected chi connectivity index (χ4v) is 3.32. The van der Waals surface area contributed by atoms with Gasteiger partial charge in [-0.15, -0.1) is 0 Å². The van der Waals surface area contributed by atoms with Gasteiger partial charge in [-0.25, -0.2) is 4.39 Å². The lowest BCUT2D eigenvalue weighted by Crippen LogP contribution is -2.09. The van der Waals surface area contributed by atoms with Gasteiger partial charge in [0.05, 0.1) is 6.21 Å². The number of nitrogens with zero attached hydrogens (tertiary/aromatic N) is 3. The minimum Gasteiger partial charge on any atom is -0.250 e. The molecular weight excluding hydrogens is 311 g/mol. The highest BCUT2D eigenvalue weighted by Crippen LogP contribution is 2.27. The van der Waals surface area contributed by atoms with Crippen molar-refractivity contribution in [1.82, 2.24) is 14.9 Å². The number of aromatic nitrogens is 3. The summed E-state index contributed by atoms with van der Waals surface area (Å²) >= 11 is 5.24. The van der Waals surface area contributed by atoms with Gasteiger partial charge in [0.25, 0.3) is 0 Å². The van der Waals surface area contributed by atoms with Crippen LogP contribution in [0, 0.1) is 16.5 Å². The predicted molar refractivity (Wildman–Crippen MR) is 91.7 cm³/mol. The molecule has 6 heteroatoms. The second-order valence-electron chi connectivity index (χ2n) is 6.10. The van der Waals surface area contributed by atoms with Crippen molar-refractivity contribution < 1.29 is 4.39 Å². The number of nitrogens with one attached hydrogen (secondary N) is 1. The van der Waals surface area contributed by atoms with E-state index in [9.17, 15) is 4.39 Å². The molecule has 1 aromatic carbocycles. The van der Waals surface area contributed by atoms with Crippen LogP contribution in [0.1, 0.15) is 49.9 Å². The smallest absolute Gasteiger partial charge is 0.216 e. The Morgan fingerprint density at radius 1 is 1.35 bits per heavy atom. The van der Waals surface area contributed by atoms with E-state index < -0.39 is 0 Å². The molecule has 1 aliphatic carbocycles. The van der Waals surface area contributed by atoms with Crippen molar-refractivity contribution in [2.45, 2.75) is 44.9 Å². The third-order valence-corrected chi connectivity index (χ3v) is 4.65. The number of aryl methyl sites for hydroxylation is 1. The molecule has 0 aliphatic heterocycles. The molecule has 0 atom stereocenters. The lowest BCUT2D eigenvalue weighted by molar-refractivity contribution is 0.336. The van der Waals surface area contributed by atoms with Gasteiger partial charge in [-0.05, 0) is 42.3 Å². The van der Waals surface area contributed by atoms with Crippen LogP contribution in [0.15, 0.2) is 29.4 Å². The zero-order valence-corrected chi connectivity index (χ0v) is 13.9. The molecule has 0 amide bonds. The Morgan fingerprint density at radius 2 is 2.17 bits per heavy atom. The lowest BCUT2D eigenvalue weighted by atomic mass is 9.86. The largest absolute Gasteiger partial charge is 0.250 e. The summed E-state index contributed by atoms with van der Waals surface area (Å²) in [6, 6.07) is 6.32. The van der Waals surface area contributed by atoms with Crippen LogP contribution in [0.5, 0.6) is 0 Å². The second-order valence-corrected chi connectivity index (χ2v) is 6.49. The van der Waals surface area contributed by atoms with E-state index in [2.05, 4.69) is 15.3 Å². The van der Waals surface area contributed by atoms with E-state index in [1.54, 1.807) is 23.0 Å². The fraction of sp³-hybridized carbons (Fsp3) is 0.471. The van der Waals surface area contributed by atoms with Gasteiger partial charge in [-0.3, -0.25) is 5.10 Å². The van der Waals surface area contributed by atoms with Gasteiger partial charge < -0.3 is 0 Å². The summed E-state index contributed by atoms with van der Waals surface area (Å²) in [5.41, 5.74) is 0.700. The number of aromatic amines is 1. The van der Waals surface area contributed by atoms with Gasteiger partial charge in [-0.2, -0.15) is 14.9 Å². The Hall–Kier alpha value is -1.82. The highest BCUT2D eigenvalue weighted by atomic mass is 32.1. The van der Waals surface area contributed by atoms with Crippen LogP contribution in [0.2, 0.25) is 0 Å². The maximum absolute atomic E-state index is 13.2. The van der Waals surface area contributed by atoms with Crippen LogP contribution in [0.25, 0.3) is 0 Å². The van der Waals surface area contributed by atoms with Crippen molar-refractivity contribution in [3.05, 3.63) is 46.2 Å². The third kappa shape index (κ3) is 4.34. The summed E-state index contributed by atoms with van der Waals surface area (Å²) in [6.45, 7) is 0. The van der Waals surface area contributed by atoms with Crippen LogP contribution < -0.4 is 0 Å². The van der Waals surface area contributed by atoms with Gasteiger partial charge in [0.2, 0.25) is 4.77 Å². The molecule has 1 aliphatic rings. The number of hydrogen-bond donors (Lipinski definition) is 1. The molecule has 0 spiro atoms. The van der Waals surface area contributed by atoms with Crippen molar-refractivity contribution in [3.8, 4) is 0 Å². The molecule has 0 saturated heterocycles. The predicted octanol–water partition coefficient (Wildman–Crippen LogP) is 4.47. The van der Waals surface area contributed by atoms with Crippen LogP contribution >= 0.6 is 12.2 Å². The summed E-state index contributed by atoms with van der Waals surface area (Å²) in [5.74, 6) is 1.35. The minimum atomic E-state index is -0.276. The number of benzene rings is 1. The standard InChI is InChI=1S/C17H21FN4S/c18-15-8-4-7-14(11-15)12-19-22-16(20-21-17(22)23)10-9-13-5-2-1-3-6-13/h4,7-8,11-13H,1-3,5-6,9-10H2,(H,21,23)/b19-12-. The van der Waals surface area contributed by atoms with Crippen molar-refractivity contribution in [2.75, 3.05) is 0 Å². The first kappa shape index (κ1) is 16.1. The maximum atomic E-state index is 13.2. The topological polar surface area (TPSA) is 46.0 Å². The van der Waals surface area contributed by atoms with E-state index in [4.69, 9.17) is 12.2 Å². The summed E-state index contributed by atoms with van der Waals surface area (Å²) in [7, 11) is 0. The van der Waals surface area contributed by atoms with Gasteiger partial charge >= 0.3 is 0 Å². The van der Waals surface area contributed by atoms with Crippen LogP contribution in [0.3, 0.4) is 0 Å². The number of H-pyrrole nitrogens is 1. The molecule has 2 aromatic rings. The molecule has 23 heavy (non-hydrogen) atoms. The zero-order valence-electron chi connectivity index (χ0n) is 13.0. The first-order chi connectivity index (χ1) is 11.2. The fourth-order valence-electron chi connectivity index (χ4n) is 3.13. The average molecular weight is 332 g/mol. The normalized spacial score (nSPS) is 16.2. The minimum absolute atomic E-state index is 0.276. The SMILES string of the molecule is Fc1cccc(/C=N\n2c(CCC3CCCCC3)n[nH]c2=S)c1. The summed E-state index contributed by atoms with van der Waals surface area (Å²) < 4.78 is 15.3. The first-order valence-corrected chi connectivity index (χ1v) is 8.59. The Labute approximate surface area is 140 Å². The Bertz CT molecular complexity index is 728. The van der Waals surface area contributed by atoms with Gasteiger partial charge in [0, 0.05) is 6.42 Å². The molecule has 0 radical (unpaired) electrons. The molecule has 3 rings (SSSR count). The molecule has 1 heterocycles. The Balaban J connectivity index is 1.69. The van der Waals surface area contributed by atoms with E-state index in [0.29, 0.717) is 10.3 Å². The van der Waals surface area contributed by atoms with Gasteiger partial charge in [-0.1, -0.05) is 44.2 Å². The van der Waals surface area contributed by atoms with E-state index in [0.717, 1.165) is 24.6 Å². The first-order valence-electron chi connectivity index (χ1n) is 8.18. The van der Waals surface area contributed by atoms with Crippen molar-refractivity contribution in [1.29, 1.82) is 0 Å². The molecule has 4 nitrogen and oxygen atoms in total. The van der Waals surface area contributed by atoms with Gasteiger partial charge in [0.1, 0.15) is 5.82 Å². The highest BCUT2D eigenvalue weighted by molar-refractivity contribution is 7.71. The zero-order chi connectivity index (χ0) is 16.1. The highest BCUT2D eigenvalue weighted by Gasteiger charge is 2.15. The molecular formula is C17H21FN4S.